The van der Waals surface area contributed by atoms with Crippen molar-refractivity contribution in [3.63, 3.8) is 0 Å². The summed E-state index contributed by atoms with van der Waals surface area (Å²) in [6, 6.07) is 0.670. The molecule has 19 heavy (non-hydrogen) atoms. The molecule has 0 radical (unpaired) electrons. The van der Waals surface area contributed by atoms with E-state index in [1.54, 1.807) is 0 Å². The number of nitrogens with one attached hydrogen (secondary N) is 1. The topological polar surface area (TPSA) is 41.6 Å². The van der Waals surface area contributed by atoms with Gasteiger partial charge in [0.05, 0.1) is 0 Å². The van der Waals surface area contributed by atoms with Crippen molar-refractivity contribution in [2.24, 2.45) is 5.92 Å². The number of hydrogen-bond donors (Lipinski definition) is 1. The summed E-state index contributed by atoms with van der Waals surface area (Å²) in [6.45, 7) is 8.65. The van der Waals surface area contributed by atoms with Crippen LogP contribution in [0.25, 0.3) is 0 Å². The standard InChI is InChI=1S/C15H28N2O2/c1-15(2,3)19-14(18)17-9-5-6-12(11-17)10-13-7-4-8-16-13/h12-13,16H,4-11H2,1-3H3. The molecule has 0 aliphatic carbocycles. The Kier molecular flexibility index (Phi) is 4.71. The minimum Gasteiger partial charge on any atom is -0.444 e. The molecule has 0 aromatic rings. The van der Waals surface area contributed by atoms with Crippen LogP contribution in [0, 0.1) is 5.92 Å². The summed E-state index contributed by atoms with van der Waals surface area (Å²) in [5, 5.41) is 3.55. The SMILES string of the molecule is CC(C)(C)OC(=O)N1CCCC(CC2CCCN2)C1. The van der Waals surface area contributed by atoms with Crippen molar-refractivity contribution in [1.82, 2.24) is 10.2 Å². The second-order valence-electron chi connectivity index (χ2n) is 6.96. The van der Waals surface area contributed by atoms with Crippen LogP contribution in [-0.2, 0) is 4.74 Å². The average molecular weight is 268 g/mol. The van der Waals surface area contributed by atoms with Gasteiger partial charge in [-0.1, -0.05) is 0 Å². The van der Waals surface area contributed by atoms with Gasteiger partial charge in [-0.15, -0.1) is 0 Å². The first-order chi connectivity index (χ1) is 8.94. The molecule has 110 valence electrons. The monoisotopic (exact) mass is 268 g/mol. The van der Waals surface area contributed by atoms with Gasteiger partial charge in [0.25, 0.3) is 0 Å². The van der Waals surface area contributed by atoms with Gasteiger partial charge in [-0.05, 0) is 65.3 Å². The quantitative estimate of drug-likeness (QED) is 0.837. The molecule has 0 aromatic heterocycles. The molecule has 1 amide bonds. The Bertz CT molecular complexity index is 306. The lowest BCUT2D eigenvalue weighted by atomic mass is 9.91. The van der Waals surface area contributed by atoms with Crippen LogP contribution >= 0.6 is 0 Å². The van der Waals surface area contributed by atoms with E-state index < -0.39 is 5.60 Å². The smallest absolute Gasteiger partial charge is 0.410 e. The Balaban J connectivity index is 1.80. The summed E-state index contributed by atoms with van der Waals surface area (Å²) in [7, 11) is 0. The number of amides is 1. The highest BCUT2D eigenvalue weighted by Gasteiger charge is 2.29. The Hall–Kier alpha value is -0.770. The van der Waals surface area contributed by atoms with Gasteiger partial charge in [-0.2, -0.15) is 0 Å². The van der Waals surface area contributed by atoms with Crippen molar-refractivity contribution in [3.05, 3.63) is 0 Å². The molecule has 2 unspecified atom stereocenters. The van der Waals surface area contributed by atoms with Crippen LogP contribution in [0.1, 0.15) is 52.9 Å². The van der Waals surface area contributed by atoms with E-state index in [0.717, 1.165) is 26.1 Å². The van der Waals surface area contributed by atoms with Gasteiger partial charge in [0.2, 0.25) is 0 Å². The van der Waals surface area contributed by atoms with E-state index in [-0.39, 0.29) is 6.09 Å². The molecule has 1 N–H and O–H groups in total. The third kappa shape index (κ3) is 4.68. The molecule has 2 fully saturated rings. The molecule has 2 aliphatic rings. The van der Waals surface area contributed by atoms with E-state index in [1.165, 1.54) is 25.7 Å². The highest BCUT2D eigenvalue weighted by Crippen LogP contribution is 2.25. The van der Waals surface area contributed by atoms with Crippen LogP contribution in [0.3, 0.4) is 0 Å². The number of rotatable bonds is 2. The normalized spacial score (nSPS) is 28.5. The van der Waals surface area contributed by atoms with Gasteiger partial charge < -0.3 is 15.0 Å². The first-order valence-corrected chi connectivity index (χ1v) is 7.65. The van der Waals surface area contributed by atoms with Crippen LogP contribution in [-0.4, -0.2) is 42.3 Å². The number of hydrogen-bond acceptors (Lipinski definition) is 3. The highest BCUT2D eigenvalue weighted by molar-refractivity contribution is 5.68. The van der Waals surface area contributed by atoms with Gasteiger partial charge in [0, 0.05) is 19.1 Å². The fourth-order valence-corrected chi connectivity index (χ4v) is 3.11. The molecule has 2 atom stereocenters. The predicted molar refractivity (Wildman–Crippen MR) is 76.2 cm³/mol. The molecule has 0 bridgehead atoms. The fourth-order valence-electron chi connectivity index (χ4n) is 3.11. The van der Waals surface area contributed by atoms with Crippen molar-refractivity contribution in [1.29, 1.82) is 0 Å². The Morgan fingerprint density at radius 3 is 2.74 bits per heavy atom. The van der Waals surface area contributed by atoms with Gasteiger partial charge in [0.15, 0.2) is 0 Å². The Morgan fingerprint density at radius 2 is 2.11 bits per heavy atom. The number of likely N-dealkylation sites (tertiary alicyclic amines) is 1. The molecule has 2 rings (SSSR count). The summed E-state index contributed by atoms with van der Waals surface area (Å²) in [6.07, 6.45) is 6.01. The number of nitrogens with zero attached hydrogens (tertiary/aromatic N) is 1. The summed E-state index contributed by atoms with van der Waals surface area (Å²) in [4.78, 5) is 14.0. The van der Waals surface area contributed by atoms with Crippen molar-refractivity contribution >= 4 is 6.09 Å². The zero-order chi connectivity index (χ0) is 13.9. The van der Waals surface area contributed by atoms with Crippen LogP contribution in [0.15, 0.2) is 0 Å². The maximum atomic E-state index is 12.1. The molecule has 2 aliphatic heterocycles. The van der Waals surface area contributed by atoms with E-state index in [4.69, 9.17) is 4.74 Å². The largest absolute Gasteiger partial charge is 0.444 e. The molecule has 4 nitrogen and oxygen atoms in total. The van der Waals surface area contributed by atoms with E-state index in [0.29, 0.717) is 12.0 Å². The second kappa shape index (κ2) is 6.12. The van der Waals surface area contributed by atoms with Gasteiger partial charge in [0.1, 0.15) is 5.60 Å². The summed E-state index contributed by atoms with van der Waals surface area (Å²) in [5.74, 6) is 0.636. The predicted octanol–water partition coefficient (Wildman–Crippen LogP) is 2.78. The van der Waals surface area contributed by atoms with E-state index in [1.807, 2.05) is 25.7 Å². The number of carbonyl (C=O) groups excluding carboxylic acids is 1. The molecular weight excluding hydrogens is 240 g/mol. The molecule has 0 saturated carbocycles. The second-order valence-corrected chi connectivity index (χ2v) is 6.96. The van der Waals surface area contributed by atoms with Crippen LogP contribution in [0.5, 0.6) is 0 Å². The van der Waals surface area contributed by atoms with Crippen molar-refractivity contribution < 1.29 is 9.53 Å². The molecule has 0 spiro atoms. The van der Waals surface area contributed by atoms with Crippen LogP contribution in [0.4, 0.5) is 4.79 Å². The maximum Gasteiger partial charge on any atom is 0.410 e. The fraction of sp³-hybridized carbons (Fsp3) is 0.933. The maximum absolute atomic E-state index is 12.1. The Morgan fingerprint density at radius 1 is 1.32 bits per heavy atom. The van der Waals surface area contributed by atoms with Crippen molar-refractivity contribution in [3.8, 4) is 0 Å². The number of piperidine rings is 1. The highest BCUT2D eigenvalue weighted by atomic mass is 16.6. The first kappa shape index (κ1) is 14.6. The van der Waals surface area contributed by atoms with Crippen LogP contribution in [0.2, 0.25) is 0 Å². The van der Waals surface area contributed by atoms with Gasteiger partial charge in [-0.25, -0.2) is 4.79 Å². The minimum absolute atomic E-state index is 0.142. The van der Waals surface area contributed by atoms with Crippen molar-refractivity contribution in [2.75, 3.05) is 19.6 Å². The minimum atomic E-state index is -0.392. The number of ether oxygens (including phenoxy) is 1. The third-order valence-corrected chi connectivity index (χ3v) is 3.95. The van der Waals surface area contributed by atoms with E-state index in [2.05, 4.69) is 5.32 Å². The molecule has 4 heteroatoms. The lowest BCUT2D eigenvalue weighted by molar-refractivity contribution is 0.0157. The van der Waals surface area contributed by atoms with Crippen molar-refractivity contribution in [2.45, 2.75) is 64.5 Å². The summed E-state index contributed by atoms with van der Waals surface area (Å²) < 4.78 is 5.47. The Labute approximate surface area is 116 Å². The van der Waals surface area contributed by atoms with E-state index >= 15 is 0 Å². The van der Waals surface area contributed by atoms with Crippen LogP contribution < -0.4 is 5.32 Å². The molecule has 2 saturated heterocycles. The summed E-state index contributed by atoms with van der Waals surface area (Å²) in [5.41, 5.74) is -0.392. The lowest BCUT2D eigenvalue weighted by Crippen LogP contribution is -2.44. The molecular formula is C15H28N2O2. The first-order valence-electron chi connectivity index (χ1n) is 7.65. The zero-order valence-electron chi connectivity index (χ0n) is 12.6. The molecule has 2 heterocycles. The third-order valence-electron chi connectivity index (χ3n) is 3.95. The molecule has 0 aromatic carbocycles. The zero-order valence-corrected chi connectivity index (χ0v) is 12.6. The lowest BCUT2D eigenvalue weighted by Gasteiger charge is -2.35. The van der Waals surface area contributed by atoms with E-state index in [9.17, 15) is 4.79 Å². The number of carbonyl (C=O) groups is 1. The van der Waals surface area contributed by atoms with Gasteiger partial charge in [-0.3, -0.25) is 0 Å². The average Bonchev–Trinajstić information content (AvgIpc) is 2.80. The van der Waals surface area contributed by atoms with Gasteiger partial charge >= 0.3 is 6.09 Å². The summed E-state index contributed by atoms with van der Waals surface area (Å²) >= 11 is 0.